The van der Waals surface area contributed by atoms with Crippen LogP contribution >= 0.6 is 0 Å². The summed E-state index contributed by atoms with van der Waals surface area (Å²) in [6, 6.07) is 9.82. The lowest BCUT2D eigenvalue weighted by Gasteiger charge is -2.22. The summed E-state index contributed by atoms with van der Waals surface area (Å²) in [6.07, 6.45) is 0. The van der Waals surface area contributed by atoms with E-state index in [-0.39, 0.29) is 5.82 Å². The monoisotopic (exact) mass is 267 g/mol. The van der Waals surface area contributed by atoms with Crippen LogP contribution in [0.1, 0.15) is 5.56 Å². The van der Waals surface area contributed by atoms with Crippen molar-refractivity contribution in [3.8, 4) is 0 Å². The van der Waals surface area contributed by atoms with Crippen molar-refractivity contribution >= 4 is 37.1 Å². The zero-order valence-electron chi connectivity index (χ0n) is 11.3. The van der Waals surface area contributed by atoms with Gasteiger partial charge in [-0.25, -0.2) is 4.39 Å². The molecule has 0 unspecified atom stereocenters. The van der Waals surface area contributed by atoms with E-state index in [0.717, 1.165) is 11.3 Å². The van der Waals surface area contributed by atoms with Gasteiger partial charge in [-0.2, -0.15) is 0 Å². The van der Waals surface area contributed by atoms with Crippen LogP contribution in [0.5, 0.6) is 0 Å². The highest BCUT2D eigenvalue weighted by Crippen LogP contribution is 2.29. The van der Waals surface area contributed by atoms with Gasteiger partial charge in [0.2, 0.25) is 0 Å². The molecule has 0 spiro atoms. The first-order chi connectivity index (χ1) is 9.51. The number of halogens is 1. The first-order valence-electron chi connectivity index (χ1n) is 6.12. The van der Waals surface area contributed by atoms with Crippen molar-refractivity contribution in [2.75, 3.05) is 17.7 Å². The second kappa shape index (κ2) is 5.78. The Kier molecular flexibility index (Phi) is 4.08. The molecule has 0 bridgehead atoms. The molecule has 0 saturated heterocycles. The molecular weight excluding hydrogens is 252 g/mol. The van der Waals surface area contributed by atoms with Crippen LogP contribution in [0.4, 0.5) is 21.5 Å². The fraction of sp³-hybridized carbons (Fsp3) is 0.133. The molecule has 0 aliphatic heterocycles. The molecule has 2 radical (unpaired) electrons. The van der Waals surface area contributed by atoms with E-state index in [4.69, 9.17) is 13.6 Å². The van der Waals surface area contributed by atoms with E-state index >= 15 is 0 Å². The van der Waals surface area contributed by atoms with Gasteiger partial charge in [-0.3, -0.25) is 4.99 Å². The van der Waals surface area contributed by atoms with Crippen molar-refractivity contribution in [1.29, 1.82) is 0 Å². The number of aliphatic imine (C=N–C) groups is 1. The van der Waals surface area contributed by atoms with Gasteiger partial charge in [0.05, 0.1) is 11.4 Å². The molecule has 0 heterocycles. The van der Waals surface area contributed by atoms with Crippen molar-refractivity contribution < 1.29 is 4.39 Å². The Labute approximate surface area is 119 Å². The third-order valence-corrected chi connectivity index (χ3v) is 3.09. The minimum atomic E-state index is -0.249. The standard InChI is InChI=1S/C15H15BFN3/c1-19-14-7-12(16)13(18)8-15(14)20(2)9-10-3-5-11(17)6-4-10/h3-8H,1,9,18H2,2H3. The number of rotatable bonds is 4. The van der Waals surface area contributed by atoms with Gasteiger partial charge in [0.15, 0.2) is 0 Å². The second-order valence-corrected chi connectivity index (χ2v) is 4.61. The molecule has 0 atom stereocenters. The largest absolute Gasteiger partial charge is 0.399 e. The van der Waals surface area contributed by atoms with Gasteiger partial charge in [0.1, 0.15) is 13.7 Å². The molecular formula is C15H15BFN3. The van der Waals surface area contributed by atoms with Crippen LogP contribution in [0.15, 0.2) is 41.4 Å². The van der Waals surface area contributed by atoms with E-state index in [1.165, 1.54) is 12.1 Å². The number of anilines is 2. The van der Waals surface area contributed by atoms with Crippen LogP contribution in [0.3, 0.4) is 0 Å². The molecule has 100 valence electrons. The van der Waals surface area contributed by atoms with Gasteiger partial charge < -0.3 is 10.6 Å². The van der Waals surface area contributed by atoms with E-state index in [1.54, 1.807) is 24.3 Å². The Bertz CT molecular complexity index is 626. The molecule has 20 heavy (non-hydrogen) atoms. The Hall–Kier alpha value is -2.30. The number of hydrogen-bond acceptors (Lipinski definition) is 3. The smallest absolute Gasteiger partial charge is 0.123 e. The molecule has 2 aromatic carbocycles. The van der Waals surface area contributed by atoms with Gasteiger partial charge in [-0.1, -0.05) is 17.6 Å². The molecule has 2 N–H and O–H groups in total. The van der Waals surface area contributed by atoms with Gasteiger partial charge in [0.25, 0.3) is 0 Å². The maximum Gasteiger partial charge on any atom is 0.123 e. The maximum atomic E-state index is 12.9. The van der Waals surface area contributed by atoms with Crippen molar-refractivity contribution in [1.82, 2.24) is 0 Å². The minimum Gasteiger partial charge on any atom is -0.399 e. The highest BCUT2D eigenvalue weighted by atomic mass is 19.1. The van der Waals surface area contributed by atoms with Crippen molar-refractivity contribution in [2.45, 2.75) is 6.54 Å². The molecule has 0 fully saturated rings. The molecule has 0 aliphatic carbocycles. The molecule has 5 heteroatoms. The summed E-state index contributed by atoms with van der Waals surface area (Å²) in [5.41, 5.74) is 9.29. The highest BCUT2D eigenvalue weighted by Gasteiger charge is 2.09. The molecule has 0 amide bonds. The van der Waals surface area contributed by atoms with E-state index in [1.807, 2.05) is 11.9 Å². The number of hydrogen-bond donors (Lipinski definition) is 1. The van der Waals surface area contributed by atoms with Gasteiger partial charge >= 0.3 is 0 Å². The number of benzene rings is 2. The topological polar surface area (TPSA) is 41.6 Å². The maximum absolute atomic E-state index is 12.9. The van der Waals surface area contributed by atoms with Gasteiger partial charge in [-0.15, -0.1) is 0 Å². The fourth-order valence-corrected chi connectivity index (χ4v) is 1.99. The normalized spacial score (nSPS) is 10.3. The molecule has 2 rings (SSSR count). The lowest BCUT2D eigenvalue weighted by molar-refractivity contribution is 0.627. The summed E-state index contributed by atoms with van der Waals surface area (Å²) in [4.78, 5) is 5.93. The van der Waals surface area contributed by atoms with Crippen LogP contribution in [-0.4, -0.2) is 21.6 Å². The SMILES string of the molecule is [B]c1cc(N=C)c(N(C)Cc2ccc(F)cc2)cc1N. The second-order valence-electron chi connectivity index (χ2n) is 4.61. The van der Waals surface area contributed by atoms with Crippen molar-refractivity contribution in [3.63, 3.8) is 0 Å². The average molecular weight is 267 g/mol. The Morgan fingerprint density at radius 1 is 1.30 bits per heavy atom. The van der Waals surface area contributed by atoms with Crippen LogP contribution in [0, 0.1) is 5.82 Å². The summed E-state index contributed by atoms with van der Waals surface area (Å²) in [7, 11) is 7.67. The molecule has 0 aliphatic rings. The number of nitrogens with two attached hydrogens (primary N) is 1. The summed E-state index contributed by atoms with van der Waals surface area (Å²) in [6.45, 7) is 4.14. The molecule has 0 aromatic heterocycles. The Morgan fingerprint density at radius 2 is 1.95 bits per heavy atom. The van der Waals surface area contributed by atoms with E-state index in [2.05, 4.69) is 11.7 Å². The van der Waals surface area contributed by atoms with E-state index in [9.17, 15) is 4.39 Å². The lowest BCUT2D eigenvalue weighted by atomic mass is 9.93. The zero-order chi connectivity index (χ0) is 14.7. The van der Waals surface area contributed by atoms with Crippen LogP contribution < -0.4 is 16.1 Å². The zero-order valence-corrected chi connectivity index (χ0v) is 11.3. The fourth-order valence-electron chi connectivity index (χ4n) is 1.99. The van der Waals surface area contributed by atoms with Crippen LogP contribution in [0.2, 0.25) is 0 Å². The summed E-state index contributed by atoms with van der Waals surface area (Å²) in [5.74, 6) is -0.249. The Balaban J connectivity index is 2.28. The lowest BCUT2D eigenvalue weighted by Crippen LogP contribution is -2.19. The van der Waals surface area contributed by atoms with Gasteiger partial charge in [0, 0.05) is 19.3 Å². The quantitative estimate of drug-likeness (QED) is 0.524. The molecule has 3 nitrogen and oxygen atoms in total. The molecule has 0 saturated carbocycles. The summed E-state index contributed by atoms with van der Waals surface area (Å²) < 4.78 is 12.9. The van der Waals surface area contributed by atoms with Crippen LogP contribution in [0.25, 0.3) is 0 Å². The van der Waals surface area contributed by atoms with Gasteiger partial charge in [-0.05, 0) is 36.5 Å². The predicted molar refractivity (Wildman–Crippen MR) is 84.0 cm³/mol. The number of nitrogens with zero attached hydrogens (tertiary/aromatic N) is 2. The highest BCUT2D eigenvalue weighted by molar-refractivity contribution is 6.36. The van der Waals surface area contributed by atoms with E-state index in [0.29, 0.717) is 23.4 Å². The van der Waals surface area contributed by atoms with Crippen molar-refractivity contribution in [2.24, 2.45) is 4.99 Å². The average Bonchev–Trinajstić information content (AvgIpc) is 2.43. The van der Waals surface area contributed by atoms with E-state index < -0.39 is 0 Å². The molecule has 2 aromatic rings. The third kappa shape index (κ3) is 2.99. The first kappa shape index (κ1) is 14.1. The summed E-state index contributed by atoms with van der Waals surface area (Å²) in [5, 5.41) is 0. The first-order valence-corrected chi connectivity index (χ1v) is 6.12. The third-order valence-electron chi connectivity index (χ3n) is 3.09. The number of nitrogen functional groups attached to an aromatic ring is 1. The summed E-state index contributed by atoms with van der Waals surface area (Å²) >= 11 is 0. The Morgan fingerprint density at radius 3 is 2.55 bits per heavy atom. The minimum absolute atomic E-state index is 0.249. The van der Waals surface area contributed by atoms with Crippen LogP contribution in [-0.2, 0) is 6.54 Å². The predicted octanol–water partition coefficient (Wildman–Crippen LogP) is 2.17. The van der Waals surface area contributed by atoms with Crippen molar-refractivity contribution in [3.05, 3.63) is 47.8 Å².